The van der Waals surface area contributed by atoms with Crippen LogP contribution in [0, 0.1) is 11.8 Å². The second-order valence-corrected chi connectivity index (χ2v) is 5.14. The molecule has 2 atom stereocenters. The molecule has 16 heavy (non-hydrogen) atoms. The van der Waals surface area contributed by atoms with Crippen LogP contribution in [0.5, 0.6) is 0 Å². The molecule has 1 aliphatic heterocycles. The molecule has 2 heterocycles. The van der Waals surface area contributed by atoms with Crippen molar-refractivity contribution in [2.75, 3.05) is 13.1 Å². The number of fused-ring (bicyclic) bond motifs is 1. The number of hydrogen-bond donors (Lipinski definition) is 1. The van der Waals surface area contributed by atoms with Gasteiger partial charge in [0, 0.05) is 18.9 Å². The zero-order valence-corrected chi connectivity index (χ0v) is 9.87. The van der Waals surface area contributed by atoms with E-state index in [0.29, 0.717) is 5.92 Å². The molecule has 3 heteroatoms. The Balaban J connectivity index is 1.86. The highest BCUT2D eigenvalue weighted by Crippen LogP contribution is 2.39. The first kappa shape index (κ1) is 10.3. The third-order valence-corrected chi connectivity index (χ3v) is 3.86. The lowest BCUT2D eigenvalue weighted by molar-refractivity contribution is 0.323. The van der Waals surface area contributed by atoms with Crippen LogP contribution in [-0.4, -0.2) is 18.1 Å². The fourth-order valence-corrected chi connectivity index (χ4v) is 2.97. The predicted octanol–water partition coefficient (Wildman–Crippen LogP) is 2.75. The highest BCUT2D eigenvalue weighted by atomic mass is 35.5. The molecule has 0 radical (unpaired) electrons. The minimum absolute atomic E-state index is 0.711. The van der Waals surface area contributed by atoms with E-state index < -0.39 is 0 Å². The molecular weight excluding hydrogens is 220 g/mol. The Labute approximate surface area is 101 Å². The minimum Gasteiger partial charge on any atom is -0.316 e. The van der Waals surface area contributed by atoms with Crippen molar-refractivity contribution < 1.29 is 0 Å². The number of pyridine rings is 1. The van der Waals surface area contributed by atoms with Crippen molar-refractivity contribution in [3.63, 3.8) is 0 Å². The van der Waals surface area contributed by atoms with Crippen molar-refractivity contribution in [1.29, 1.82) is 0 Å². The van der Waals surface area contributed by atoms with E-state index in [2.05, 4.69) is 16.4 Å². The van der Waals surface area contributed by atoms with Gasteiger partial charge in [0.15, 0.2) is 0 Å². The molecule has 1 aromatic rings. The lowest BCUT2D eigenvalue weighted by Crippen LogP contribution is -2.33. The highest BCUT2D eigenvalue weighted by Gasteiger charge is 2.30. The molecule has 3 rings (SSSR count). The fourth-order valence-electron chi connectivity index (χ4n) is 2.80. The van der Waals surface area contributed by atoms with Crippen molar-refractivity contribution in [3.8, 4) is 0 Å². The number of aromatic nitrogens is 1. The average Bonchev–Trinajstić information content (AvgIpc) is 2.72. The topological polar surface area (TPSA) is 24.9 Å². The largest absolute Gasteiger partial charge is 0.316 e. The van der Waals surface area contributed by atoms with Gasteiger partial charge in [-0.15, -0.1) is 0 Å². The standard InChI is InChI=1S/C13H15ClN2/c14-13-5-12(7-16-8-13)10-3-9-1-2-15-6-11(9)4-10/h4-5,7-9,11,15H,1-3,6H2/t9-,11-/m0/s1. The second kappa shape index (κ2) is 4.19. The van der Waals surface area contributed by atoms with Gasteiger partial charge >= 0.3 is 0 Å². The van der Waals surface area contributed by atoms with Crippen molar-refractivity contribution in [2.45, 2.75) is 12.8 Å². The molecule has 1 saturated heterocycles. The molecular formula is C13H15ClN2. The number of nitrogens with zero attached hydrogens (tertiary/aromatic N) is 1. The zero-order chi connectivity index (χ0) is 11.0. The van der Waals surface area contributed by atoms with Crippen LogP contribution < -0.4 is 5.32 Å². The quantitative estimate of drug-likeness (QED) is 0.808. The normalized spacial score (nSPS) is 28.7. The SMILES string of the molecule is Clc1cncc(C2=C[C@H]3CNCC[C@H]3C2)c1. The summed E-state index contributed by atoms with van der Waals surface area (Å²) in [7, 11) is 0. The third-order valence-electron chi connectivity index (χ3n) is 3.65. The van der Waals surface area contributed by atoms with Crippen molar-refractivity contribution in [2.24, 2.45) is 11.8 Å². The third kappa shape index (κ3) is 1.87. The summed E-state index contributed by atoms with van der Waals surface area (Å²) in [4.78, 5) is 4.16. The first-order valence-electron chi connectivity index (χ1n) is 5.85. The van der Waals surface area contributed by atoms with Gasteiger partial charge in [-0.2, -0.15) is 0 Å². The molecule has 0 aromatic carbocycles. The first-order valence-corrected chi connectivity index (χ1v) is 6.23. The molecule has 1 aromatic heterocycles. The predicted molar refractivity (Wildman–Crippen MR) is 66.3 cm³/mol. The van der Waals surface area contributed by atoms with Crippen LogP contribution in [0.1, 0.15) is 18.4 Å². The molecule has 0 saturated carbocycles. The summed E-state index contributed by atoms with van der Waals surface area (Å²) in [5.41, 5.74) is 2.62. The van der Waals surface area contributed by atoms with Gasteiger partial charge in [0.25, 0.3) is 0 Å². The van der Waals surface area contributed by atoms with Crippen LogP contribution in [0.2, 0.25) is 5.02 Å². The van der Waals surface area contributed by atoms with Crippen molar-refractivity contribution in [1.82, 2.24) is 10.3 Å². The van der Waals surface area contributed by atoms with E-state index in [1.54, 1.807) is 6.20 Å². The molecule has 84 valence electrons. The summed E-state index contributed by atoms with van der Waals surface area (Å²) < 4.78 is 0. The molecule has 2 aliphatic rings. The van der Waals surface area contributed by atoms with Gasteiger partial charge in [-0.1, -0.05) is 17.7 Å². The van der Waals surface area contributed by atoms with Gasteiger partial charge in [-0.25, -0.2) is 0 Å². The van der Waals surface area contributed by atoms with Gasteiger partial charge in [0.2, 0.25) is 0 Å². The first-order chi connectivity index (χ1) is 7.83. The molecule has 0 spiro atoms. The van der Waals surface area contributed by atoms with Crippen LogP contribution in [0.3, 0.4) is 0 Å². The Morgan fingerprint density at radius 3 is 3.12 bits per heavy atom. The summed E-state index contributed by atoms with van der Waals surface area (Å²) in [5.74, 6) is 1.54. The van der Waals surface area contributed by atoms with Crippen LogP contribution in [-0.2, 0) is 0 Å². The van der Waals surface area contributed by atoms with E-state index in [-0.39, 0.29) is 0 Å². The highest BCUT2D eigenvalue weighted by molar-refractivity contribution is 6.30. The molecule has 0 bridgehead atoms. The van der Waals surface area contributed by atoms with E-state index in [1.165, 1.54) is 24.0 Å². The number of halogens is 1. The van der Waals surface area contributed by atoms with Crippen LogP contribution in [0.25, 0.3) is 5.57 Å². The summed E-state index contributed by atoms with van der Waals surface area (Å²) in [6, 6.07) is 2.02. The number of allylic oxidation sites excluding steroid dienone is 1. The monoisotopic (exact) mass is 234 g/mol. The van der Waals surface area contributed by atoms with Gasteiger partial charge in [-0.05, 0) is 48.4 Å². The van der Waals surface area contributed by atoms with E-state index in [9.17, 15) is 0 Å². The minimum atomic E-state index is 0.711. The van der Waals surface area contributed by atoms with E-state index in [4.69, 9.17) is 11.6 Å². The van der Waals surface area contributed by atoms with Gasteiger partial charge in [0.05, 0.1) is 5.02 Å². The summed E-state index contributed by atoms with van der Waals surface area (Å²) in [5, 5.41) is 4.18. The summed E-state index contributed by atoms with van der Waals surface area (Å²) in [6.45, 7) is 2.29. The van der Waals surface area contributed by atoms with Crippen molar-refractivity contribution in [3.05, 3.63) is 35.1 Å². The Hall–Kier alpha value is -0.860. The Kier molecular flexibility index (Phi) is 2.70. The molecule has 1 fully saturated rings. The van der Waals surface area contributed by atoms with E-state index in [1.807, 2.05) is 12.3 Å². The van der Waals surface area contributed by atoms with Gasteiger partial charge in [0.1, 0.15) is 0 Å². The Bertz CT molecular complexity index is 428. The van der Waals surface area contributed by atoms with Crippen LogP contribution in [0.4, 0.5) is 0 Å². The number of rotatable bonds is 1. The lowest BCUT2D eigenvalue weighted by atomic mass is 9.89. The maximum atomic E-state index is 5.97. The number of nitrogens with one attached hydrogen (secondary N) is 1. The van der Waals surface area contributed by atoms with E-state index in [0.717, 1.165) is 24.0 Å². The van der Waals surface area contributed by atoms with Gasteiger partial charge < -0.3 is 5.32 Å². The zero-order valence-electron chi connectivity index (χ0n) is 9.12. The molecule has 1 N–H and O–H groups in total. The van der Waals surface area contributed by atoms with E-state index >= 15 is 0 Å². The second-order valence-electron chi connectivity index (χ2n) is 4.70. The molecule has 0 amide bonds. The fraction of sp³-hybridized carbons (Fsp3) is 0.462. The average molecular weight is 235 g/mol. The maximum Gasteiger partial charge on any atom is 0.0595 e. The van der Waals surface area contributed by atoms with Crippen LogP contribution in [0.15, 0.2) is 24.5 Å². The smallest absolute Gasteiger partial charge is 0.0595 e. The Morgan fingerprint density at radius 2 is 2.31 bits per heavy atom. The van der Waals surface area contributed by atoms with Crippen LogP contribution >= 0.6 is 11.6 Å². The maximum absolute atomic E-state index is 5.97. The molecule has 1 aliphatic carbocycles. The van der Waals surface area contributed by atoms with Gasteiger partial charge in [-0.3, -0.25) is 4.98 Å². The molecule has 2 nitrogen and oxygen atoms in total. The molecule has 0 unspecified atom stereocenters. The number of hydrogen-bond acceptors (Lipinski definition) is 2. The van der Waals surface area contributed by atoms with Crippen molar-refractivity contribution >= 4 is 17.2 Å². The lowest BCUT2D eigenvalue weighted by Gasteiger charge is -2.25. The summed E-state index contributed by atoms with van der Waals surface area (Å²) >= 11 is 5.97. The summed E-state index contributed by atoms with van der Waals surface area (Å²) in [6.07, 6.45) is 8.49. The number of piperidine rings is 1. The Morgan fingerprint density at radius 1 is 1.38 bits per heavy atom.